The molecular weight excluding hydrogens is 252 g/mol. The Bertz CT molecular complexity index is 436. The number of hydrogen-bond acceptors (Lipinski definition) is 1. The van der Waals surface area contributed by atoms with Crippen LogP contribution in [0.2, 0.25) is 0 Å². The molecule has 2 nitrogen and oxygen atoms in total. The van der Waals surface area contributed by atoms with Gasteiger partial charge in [-0.15, -0.1) is 0 Å². The van der Waals surface area contributed by atoms with E-state index in [4.69, 9.17) is 12.2 Å². The second-order valence-electron chi connectivity index (χ2n) is 5.84. The molecule has 1 fully saturated rings. The van der Waals surface area contributed by atoms with Crippen molar-refractivity contribution in [3.63, 3.8) is 0 Å². The van der Waals surface area contributed by atoms with Crippen LogP contribution in [0, 0.1) is 19.8 Å². The summed E-state index contributed by atoms with van der Waals surface area (Å²) in [6.07, 6.45) is 5.21. The van der Waals surface area contributed by atoms with Crippen LogP contribution >= 0.6 is 12.2 Å². The van der Waals surface area contributed by atoms with Crippen molar-refractivity contribution in [1.82, 2.24) is 5.32 Å². The fourth-order valence-corrected chi connectivity index (χ4v) is 3.18. The lowest BCUT2D eigenvalue weighted by molar-refractivity contribution is 0.309. The molecule has 19 heavy (non-hydrogen) atoms. The summed E-state index contributed by atoms with van der Waals surface area (Å²) in [5, 5.41) is 7.54. The highest BCUT2D eigenvalue weighted by Gasteiger charge is 2.21. The zero-order valence-electron chi connectivity index (χ0n) is 12.1. The van der Waals surface area contributed by atoms with Crippen molar-refractivity contribution in [2.75, 3.05) is 5.32 Å². The summed E-state index contributed by atoms with van der Waals surface area (Å²) in [4.78, 5) is 0. The van der Waals surface area contributed by atoms with Gasteiger partial charge in [-0.25, -0.2) is 0 Å². The van der Waals surface area contributed by atoms with Crippen molar-refractivity contribution in [3.05, 3.63) is 29.3 Å². The predicted octanol–water partition coefficient (Wildman–Crippen LogP) is 4.17. The summed E-state index contributed by atoms with van der Waals surface area (Å²) in [5.41, 5.74) is 3.60. The molecule has 0 amide bonds. The number of rotatable bonds is 2. The van der Waals surface area contributed by atoms with Crippen LogP contribution in [0.5, 0.6) is 0 Å². The van der Waals surface area contributed by atoms with Crippen molar-refractivity contribution >= 4 is 23.0 Å². The smallest absolute Gasteiger partial charge is 0.171 e. The van der Waals surface area contributed by atoms with E-state index >= 15 is 0 Å². The van der Waals surface area contributed by atoms with E-state index in [-0.39, 0.29) is 0 Å². The second kappa shape index (κ2) is 6.38. The molecule has 104 valence electrons. The zero-order valence-corrected chi connectivity index (χ0v) is 12.9. The zero-order chi connectivity index (χ0) is 13.8. The Morgan fingerprint density at radius 1 is 1.11 bits per heavy atom. The quantitative estimate of drug-likeness (QED) is 0.793. The van der Waals surface area contributed by atoms with E-state index in [1.165, 1.54) is 36.8 Å². The van der Waals surface area contributed by atoms with Crippen LogP contribution in [-0.4, -0.2) is 11.2 Å². The third kappa shape index (κ3) is 4.20. The topological polar surface area (TPSA) is 24.1 Å². The van der Waals surface area contributed by atoms with Crippen molar-refractivity contribution in [1.29, 1.82) is 0 Å². The highest BCUT2D eigenvalue weighted by atomic mass is 32.1. The number of hydrogen-bond donors (Lipinski definition) is 2. The molecule has 1 aromatic rings. The molecule has 3 heteroatoms. The molecule has 0 aliphatic heterocycles. The molecule has 0 heterocycles. The molecule has 1 aliphatic carbocycles. The minimum absolute atomic E-state index is 0.527. The van der Waals surface area contributed by atoms with Gasteiger partial charge in [0.15, 0.2) is 5.11 Å². The summed E-state index contributed by atoms with van der Waals surface area (Å²) in [6.45, 7) is 6.53. The Balaban J connectivity index is 1.93. The second-order valence-corrected chi connectivity index (χ2v) is 6.25. The molecule has 0 unspecified atom stereocenters. The van der Waals surface area contributed by atoms with Gasteiger partial charge in [-0.2, -0.15) is 0 Å². The Kier molecular flexibility index (Phi) is 4.81. The fraction of sp³-hybridized carbons (Fsp3) is 0.562. The van der Waals surface area contributed by atoms with Gasteiger partial charge in [0.2, 0.25) is 0 Å². The normalized spacial score (nSPS) is 22.9. The van der Waals surface area contributed by atoms with Crippen molar-refractivity contribution < 1.29 is 0 Å². The van der Waals surface area contributed by atoms with Gasteiger partial charge in [0, 0.05) is 11.7 Å². The van der Waals surface area contributed by atoms with Gasteiger partial charge in [-0.1, -0.05) is 25.8 Å². The molecule has 1 aliphatic rings. The predicted molar refractivity (Wildman–Crippen MR) is 86.7 cm³/mol. The largest absolute Gasteiger partial charge is 0.359 e. The number of thiocarbonyl (C=S) groups is 1. The first-order valence-electron chi connectivity index (χ1n) is 7.20. The van der Waals surface area contributed by atoms with Crippen molar-refractivity contribution in [2.45, 2.75) is 52.5 Å². The van der Waals surface area contributed by atoms with E-state index in [1.807, 2.05) is 0 Å². The maximum Gasteiger partial charge on any atom is 0.171 e. The van der Waals surface area contributed by atoms with Crippen molar-refractivity contribution in [3.8, 4) is 0 Å². The van der Waals surface area contributed by atoms with Crippen LogP contribution in [0.1, 0.15) is 43.7 Å². The van der Waals surface area contributed by atoms with Gasteiger partial charge in [0.25, 0.3) is 0 Å². The molecular formula is C16H24N2S. The minimum Gasteiger partial charge on any atom is -0.359 e. The maximum absolute atomic E-state index is 5.43. The van der Waals surface area contributed by atoms with E-state index in [1.54, 1.807) is 0 Å². The minimum atomic E-state index is 0.527. The molecule has 0 saturated heterocycles. The van der Waals surface area contributed by atoms with Crippen LogP contribution in [0.25, 0.3) is 0 Å². The van der Waals surface area contributed by atoms with Gasteiger partial charge in [0.1, 0.15) is 0 Å². The third-order valence-corrected chi connectivity index (χ3v) is 4.13. The first-order valence-corrected chi connectivity index (χ1v) is 7.61. The van der Waals surface area contributed by atoms with Crippen LogP contribution < -0.4 is 10.6 Å². The van der Waals surface area contributed by atoms with E-state index in [9.17, 15) is 0 Å². The number of aryl methyl sites for hydroxylation is 2. The first-order chi connectivity index (χ1) is 9.04. The molecule has 0 radical (unpaired) electrons. The standard InChI is InChI=1S/C16H24N2S/c1-11-8-12(2)10-14(9-11)17-16(19)18-15-7-5-4-6-13(15)3/h8-10,13,15H,4-7H2,1-3H3,(H2,17,18,19)/t13-,15+/m0/s1. The molecule has 2 atom stereocenters. The summed E-state index contributed by atoms with van der Waals surface area (Å²) in [7, 11) is 0. The summed E-state index contributed by atoms with van der Waals surface area (Å²) in [5.74, 6) is 0.716. The highest BCUT2D eigenvalue weighted by Crippen LogP contribution is 2.23. The first kappa shape index (κ1) is 14.3. The van der Waals surface area contributed by atoms with E-state index in [0.29, 0.717) is 12.0 Å². The summed E-state index contributed by atoms with van der Waals surface area (Å²) >= 11 is 5.43. The van der Waals surface area contributed by atoms with Gasteiger partial charge in [-0.05, 0) is 68.1 Å². The van der Waals surface area contributed by atoms with Crippen molar-refractivity contribution in [2.24, 2.45) is 5.92 Å². The average molecular weight is 276 g/mol. The van der Waals surface area contributed by atoms with E-state index in [0.717, 1.165) is 10.8 Å². The maximum atomic E-state index is 5.43. The SMILES string of the molecule is Cc1cc(C)cc(NC(=S)N[C@@H]2CCCC[C@@H]2C)c1. The van der Waals surface area contributed by atoms with Gasteiger partial charge < -0.3 is 10.6 Å². The Morgan fingerprint density at radius 3 is 2.37 bits per heavy atom. The molecule has 0 spiro atoms. The van der Waals surface area contributed by atoms with Crippen LogP contribution in [0.4, 0.5) is 5.69 Å². The number of anilines is 1. The van der Waals surface area contributed by atoms with Crippen LogP contribution in [0.3, 0.4) is 0 Å². The van der Waals surface area contributed by atoms with Gasteiger partial charge in [-0.3, -0.25) is 0 Å². The average Bonchev–Trinajstić information content (AvgIpc) is 2.30. The molecule has 0 aromatic heterocycles. The third-order valence-electron chi connectivity index (χ3n) is 3.91. The molecule has 1 saturated carbocycles. The van der Waals surface area contributed by atoms with E-state index < -0.39 is 0 Å². The molecule has 1 aromatic carbocycles. The fourth-order valence-electron chi connectivity index (χ4n) is 2.91. The molecule has 2 N–H and O–H groups in total. The van der Waals surface area contributed by atoms with Crippen LogP contribution in [-0.2, 0) is 0 Å². The Labute approximate surface area is 122 Å². The number of benzene rings is 1. The summed E-state index contributed by atoms with van der Waals surface area (Å²) in [6, 6.07) is 6.96. The molecule has 0 bridgehead atoms. The van der Waals surface area contributed by atoms with Crippen LogP contribution in [0.15, 0.2) is 18.2 Å². The lowest BCUT2D eigenvalue weighted by Crippen LogP contribution is -2.43. The number of nitrogens with one attached hydrogen (secondary N) is 2. The lowest BCUT2D eigenvalue weighted by atomic mass is 9.86. The summed E-state index contributed by atoms with van der Waals surface area (Å²) < 4.78 is 0. The van der Waals surface area contributed by atoms with Gasteiger partial charge >= 0.3 is 0 Å². The lowest BCUT2D eigenvalue weighted by Gasteiger charge is -2.30. The molecule has 2 rings (SSSR count). The Morgan fingerprint density at radius 2 is 1.74 bits per heavy atom. The van der Waals surface area contributed by atoms with Gasteiger partial charge in [0.05, 0.1) is 0 Å². The Hall–Kier alpha value is -1.09. The highest BCUT2D eigenvalue weighted by molar-refractivity contribution is 7.80. The van der Waals surface area contributed by atoms with E-state index in [2.05, 4.69) is 49.6 Å². The monoisotopic (exact) mass is 276 g/mol.